The molecule has 2 heterocycles. The van der Waals surface area contributed by atoms with Crippen molar-refractivity contribution in [3.63, 3.8) is 0 Å². The van der Waals surface area contributed by atoms with Gasteiger partial charge in [0, 0.05) is 18.3 Å². The molecule has 0 aliphatic heterocycles. The Labute approximate surface area is 171 Å². The van der Waals surface area contributed by atoms with Crippen molar-refractivity contribution in [2.24, 2.45) is 5.92 Å². The monoisotopic (exact) mass is 427 g/mol. The second-order valence-electron chi connectivity index (χ2n) is 6.81. The van der Waals surface area contributed by atoms with Gasteiger partial charge in [-0.05, 0) is 42.5 Å². The number of amides is 1. The highest BCUT2D eigenvalue weighted by Gasteiger charge is 2.44. The number of nitrogens with zero attached hydrogens (tertiary/aromatic N) is 3. The third-order valence-corrected chi connectivity index (χ3v) is 7.13. The predicted octanol–water partition coefficient (Wildman–Crippen LogP) is 2.54. The van der Waals surface area contributed by atoms with Crippen LogP contribution in [0.3, 0.4) is 0 Å². The Balaban J connectivity index is 1.42. The first-order valence-corrected chi connectivity index (χ1v) is 11.2. The van der Waals surface area contributed by atoms with Gasteiger partial charge < -0.3 is 5.32 Å². The molecular formula is C19H17N5O3S2. The summed E-state index contributed by atoms with van der Waals surface area (Å²) in [6, 6.07) is 8.15. The Bertz CT molecular complexity index is 1230. The van der Waals surface area contributed by atoms with Crippen molar-refractivity contribution in [1.82, 2.24) is 14.7 Å². The minimum Gasteiger partial charge on any atom is -0.302 e. The third kappa shape index (κ3) is 3.98. The summed E-state index contributed by atoms with van der Waals surface area (Å²) >= 11 is 1.39. The number of carbonyl (C=O) groups is 1. The fourth-order valence-electron chi connectivity index (χ4n) is 3.19. The summed E-state index contributed by atoms with van der Waals surface area (Å²) in [5, 5.41) is 12.0. The summed E-state index contributed by atoms with van der Waals surface area (Å²) in [5.41, 5.74) is 2.71. The van der Waals surface area contributed by atoms with Crippen molar-refractivity contribution < 1.29 is 13.2 Å². The van der Waals surface area contributed by atoms with E-state index in [0.717, 1.165) is 21.3 Å². The first kappa shape index (κ1) is 19.4. The van der Waals surface area contributed by atoms with Gasteiger partial charge >= 0.3 is 0 Å². The average molecular weight is 428 g/mol. The number of aryl methyl sites for hydroxylation is 1. The Morgan fingerprint density at radius 3 is 2.76 bits per heavy atom. The molecule has 8 nitrogen and oxygen atoms in total. The SMILES string of the molecule is Cc1cncc2sc(NC(=O)C3CC3c3ccc(S(=O)(=O)NCC#N)cc3)nc12. The molecule has 1 saturated carbocycles. The minimum atomic E-state index is -3.70. The topological polar surface area (TPSA) is 125 Å². The normalized spacial score (nSPS) is 18.3. The first-order chi connectivity index (χ1) is 13.9. The molecular weight excluding hydrogens is 410 g/mol. The van der Waals surface area contributed by atoms with Gasteiger partial charge in [0.05, 0.1) is 27.7 Å². The van der Waals surface area contributed by atoms with Crippen LogP contribution in [0.5, 0.6) is 0 Å². The molecule has 0 radical (unpaired) electrons. The van der Waals surface area contributed by atoms with Gasteiger partial charge in [-0.1, -0.05) is 23.5 Å². The third-order valence-electron chi connectivity index (χ3n) is 4.80. The van der Waals surface area contributed by atoms with Gasteiger partial charge in [0.15, 0.2) is 5.13 Å². The fraction of sp³-hybridized carbons (Fsp3) is 0.263. The Morgan fingerprint density at radius 2 is 2.07 bits per heavy atom. The molecule has 1 amide bonds. The second-order valence-corrected chi connectivity index (χ2v) is 9.61. The smallest absolute Gasteiger partial charge is 0.241 e. The van der Waals surface area contributed by atoms with Gasteiger partial charge in [-0.25, -0.2) is 13.4 Å². The number of hydrogen-bond donors (Lipinski definition) is 2. The van der Waals surface area contributed by atoms with Crippen LogP contribution in [0.25, 0.3) is 10.2 Å². The van der Waals surface area contributed by atoms with Crippen LogP contribution in [0.1, 0.15) is 23.5 Å². The van der Waals surface area contributed by atoms with Crippen molar-refractivity contribution in [1.29, 1.82) is 5.26 Å². The van der Waals surface area contributed by atoms with Crippen LogP contribution < -0.4 is 10.0 Å². The van der Waals surface area contributed by atoms with Crippen LogP contribution in [-0.4, -0.2) is 30.8 Å². The number of thiazole rings is 1. The molecule has 1 aromatic carbocycles. The molecule has 2 aromatic heterocycles. The highest BCUT2D eigenvalue weighted by molar-refractivity contribution is 7.89. The molecule has 1 aliphatic carbocycles. The lowest BCUT2D eigenvalue weighted by atomic mass is 10.1. The number of aromatic nitrogens is 2. The second kappa shape index (κ2) is 7.51. The van der Waals surface area contributed by atoms with Crippen molar-refractivity contribution >= 4 is 42.6 Å². The molecule has 1 aliphatic rings. The van der Waals surface area contributed by atoms with E-state index < -0.39 is 10.0 Å². The number of nitrogens with one attached hydrogen (secondary N) is 2. The fourth-order valence-corrected chi connectivity index (χ4v) is 5.02. The van der Waals surface area contributed by atoms with Gasteiger partial charge in [0.25, 0.3) is 0 Å². The first-order valence-electron chi connectivity index (χ1n) is 8.87. The number of benzene rings is 1. The number of pyridine rings is 1. The lowest BCUT2D eigenvalue weighted by Crippen LogP contribution is -2.23. The van der Waals surface area contributed by atoms with E-state index in [9.17, 15) is 13.2 Å². The molecule has 148 valence electrons. The van der Waals surface area contributed by atoms with Crippen LogP contribution in [-0.2, 0) is 14.8 Å². The molecule has 29 heavy (non-hydrogen) atoms. The van der Waals surface area contributed by atoms with Gasteiger partial charge in [0.1, 0.15) is 0 Å². The molecule has 3 aromatic rings. The van der Waals surface area contributed by atoms with Gasteiger partial charge in [0.2, 0.25) is 15.9 Å². The maximum absolute atomic E-state index is 12.6. The number of carbonyl (C=O) groups excluding carboxylic acids is 1. The molecule has 0 spiro atoms. The zero-order valence-electron chi connectivity index (χ0n) is 15.4. The van der Waals surface area contributed by atoms with Crippen molar-refractivity contribution in [3.05, 3.63) is 47.8 Å². The highest BCUT2D eigenvalue weighted by Crippen LogP contribution is 2.48. The maximum Gasteiger partial charge on any atom is 0.241 e. The van der Waals surface area contributed by atoms with Crippen LogP contribution in [0.2, 0.25) is 0 Å². The molecule has 0 saturated heterocycles. The molecule has 1 fully saturated rings. The number of nitriles is 1. The standard InChI is InChI=1S/C19H17N5O3S2/c1-11-9-21-10-16-17(11)23-19(28-16)24-18(25)15-8-14(15)12-2-4-13(5-3-12)29(26,27)22-7-6-20/h2-5,9-10,14-15,22H,7-8H2,1H3,(H,23,24,25). The lowest BCUT2D eigenvalue weighted by Gasteiger charge is -2.05. The minimum absolute atomic E-state index is 0.0524. The van der Waals surface area contributed by atoms with E-state index in [4.69, 9.17) is 5.26 Å². The lowest BCUT2D eigenvalue weighted by molar-refractivity contribution is -0.117. The van der Waals surface area contributed by atoms with Crippen molar-refractivity contribution in [2.75, 3.05) is 11.9 Å². The van der Waals surface area contributed by atoms with Crippen LogP contribution >= 0.6 is 11.3 Å². The van der Waals surface area contributed by atoms with Gasteiger partial charge in [-0.2, -0.15) is 9.98 Å². The van der Waals surface area contributed by atoms with Crippen LogP contribution in [0.4, 0.5) is 5.13 Å². The van der Waals surface area contributed by atoms with E-state index >= 15 is 0 Å². The van der Waals surface area contributed by atoms with E-state index in [1.165, 1.54) is 23.5 Å². The summed E-state index contributed by atoms with van der Waals surface area (Å²) in [6.07, 6.45) is 4.18. The molecule has 0 bridgehead atoms. The maximum atomic E-state index is 12.6. The van der Waals surface area contributed by atoms with Crippen LogP contribution in [0.15, 0.2) is 41.6 Å². The van der Waals surface area contributed by atoms with Gasteiger partial charge in [-0.3, -0.25) is 9.78 Å². The molecule has 4 rings (SSSR count). The van der Waals surface area contributed by atoms with E-state index in [0.29, 0.717) is 11.6 Å². The number of sulfonamides is 1. The van der Waals surface area contributed by atoms with E-state index in [-0.39, 0.29) is 29.2 Å². The summed E-state index contributed by atoms with van der Waals surface area (Å²) in [5.74, 6) is -0.205. The predicted molar refractivity (Wildman–Crippen MR) is 109 cm³/mol. The molecule has 2 N–H and O–H groups in total. The summed E-state index contributed by atoms with van der Waals surface area (Å²) < 4.78 is 27.2. The largest absolute Gasteiger partial charge is 0.302 e. The Hall–Kier alpha value is -2.87. The highest BCUT2D eigenvalue weighted by atomic mass is 32.2. The zero-order chi connectivity index (χ0) is 20.6. The summed E-state index contributed by atoms with van der Waals surface area (Å²) in [4.78, 5) is 21.3. The van der Waals surface area contributed by atoms with E-state index in [1.54, 1.807) is 30.6 Å². The number of anilines is 1. The van der Waals surface area contributed by atoms with Gasteiger partial charge in [-0.15, -0.1) is 0 Å². The number of fused-ring (bicyclic) bond motifs is 1. The molecule has 2 unspecified atom stereocenters. The van der Waals surface area contributed by atoms with Crippen molar-refractivity contribution in [2.45, 2.75) is 24.2 Å². The quantitative estimate of drug-likeness (QED) is 0.583. The number of hydrogen-bond acceptors (Lipinski definition) is 7. The molecule has 2 atom stereocenters. The summed E-state index contributed by atoms with van der Waals surface area (Å²) in [7, 11) is -3.70. The van der Waals surface area contributed by atoms with Crippen molar-refractivity contribution in [3.8, 4) is 6.07 Å². The van der Waals surface area contributed by atoms with E-state index in [1.807, 2.05) is 6.92 Å². The average Bonchev–Trinajstić information content (AvgIpc) is 3.40. The Kier molecular flexibility index (Phi) is 5.04. The zero-order valence-corrected chi connectivity index (χ0v) is 17.0. The van der Waals surface area contributed by atoms with Crippen LogP contribution in [0, 0.1) is 24.2 Å². The molecule has 10 heteroatoms. The van der Waals surface area contributed by atoms with E-state index in [2.05, 4.69) is 20.0 Å². The Morgan fingerprint density at radius 1 is 1.31 bits per heavy atom. The number of rotatable bonds is 6. The summed E-state index contributed by atoms with van der Waals surface area (Å²) in [6.45, 7) is 1.65.